The summed E-state index contributed by atoms with van der Waals surface area (Å²) in [5, 5.41) is 2.84. The third-order valence-corrected chi connectivity index (χ3v) is 7.99. The second-order valence-corrected chi connectivity index (χ2v) is 11.4. The van der Waals surface area contributed by atoms with Crippen LogP contribution >= 0.6 is 69.8 Å². The predicted molar refractivity (Wildman–Crippen MR) is 165 cm³/mol. The maximum absolute atomic E-state index is 13.6. The fraction of sp³-hybridized carbons (Fsp3) is 0.0345. The summed E-state index contributed by atoms with van der Waals surface area (Å²) in [6.07, 6.45) is 1.72. The molecule has 4 nitrogen and oxygen atoms in total. The van der Waals surface area contributed by atoms with Crippen molar-refractivity contribution in [1.82, 2.24) is 0 Å². The van der Waals surface area contributed by atoms with E-state index in [0.717, 1.165) is 5.56 Å². The maximum atomic E-state index is 13.6. The molecule has 0 saturated carbocycles. The van der Waals surface area contributed by atoms with Crippen LogP contribution in [-0.2, 0) is 11.4 Å². The molecule has 0 aliphatic carbocycles. The van der Waals surface area contributed by atoms with Crippen molar-refractivity contribution in [3.8, 4) is 5.75 Å². The van der Waals surface area contributed by atoms with Gasteiger partial charge in [-0.3, -0.25) is 9.69 Å². The van der Waals surface area contributed by atoms with E-state index in [1.54, 1.807) is 72.8 Å². The van der Waals surface area contributed by atoms with Gasteiger partial charge in [0.2, 0.25) is 0 Å². The molecule has 1 fully saturated rings. The van der Waals surface area contributed by atoms with E-state index in [1.807, 2.05) is 18.2 Å². The third kappa shape index (κ3) is 6.58. The molecule has 5 rings (SSSR count). The lowest BCUT2D eigenvalue weighted by Gasteiger charge is -2.15. The number of aliphatic imine (C=N–C) groups is 1. The van der Waals surface area contributed by atoms with Crippen molar-refractivity contribution in [3.05, 3.63) is 126 Å². The lowest BCUT2D eigenvalue weighted by molar-refractivity contribution is -0.113. The molecule has 4 aromatic rings. The van der Waals surface area contributed by atoms with E-state index in [-0.39, 0.29) is 12.5 Å². The number of ether oxygens (including phenoxy) is 1. The zero-order valence-corrected chi connectivity index (χ0v) is 24.5. The molecule has 0 bridgehead atoms. The molecule has 1 saturated heterocycles. The molecule has 0 atom stereocenters. The Balaban J connectivity index is 1.45. The number of amides is 1. The summed E-state index contributed by atoms with van der Waals surface area (Å²) in [4.78, 5) is 20.3. The van der Waals surface area contributed by atoms with Crippen molar-refractivity contribution in [3.63, 3.8) is 0 Å². The number of carbonyl (C=O) groups is 1. The quantitative estimate of drug-likeness (QED) is 0.198. The molecule has 196 valence electrons. The van der Waals surface area contributed by atoms with Crippen molar-refractivity contribution in [2.24, 2.45) is 4.99 Å². The van der Waals surface area contributed by atoms with E-state index in [9.17, 15) is 4.79 Å². The third-order valence-electron chi connectivity index (χ3n) is 5.59. The molecule has 0 aromatic heterocycles. The van der Waals surface area contributed by atoms with Crippen LogP contribution in [0.4, 0.5) is 11.4 Å². The summed E-state index contributed by atoms with van der Waals surface area (Å²) in [7, 11) is 0. The molecule has 4 aromatic carbocycles. The molecule has 0 N–H and O–H groups in total. The average molecular weight is 635 g/mol. The van der Waals surface area contributed by atoms with E-state index < -0.39 is 0 Å². The minimum absolute atomic E-state index is 0.203. The van der Waals surface area contributed by atoms with Gasteiger partial charge in [0.1, 0.15) is 6.61 Å². The molecule has 1 heterocycles. The minimum Gasteiger partial charge on any atom is -0.486 e. The van der Waals surface area contributed by atoms with Gasteiger partial charge >= 0.3 is 0 Å². The lowest BCUT2D eigenvalue weighted by atomic mass is 10.2. The molecule has 39 heavy (non-hydrogen) atoms. The predicted octanol–water partition coefficient (Wildman–Crippen LogP) is 10.3. The van der Waals surface area contributed by atoms with Gasteiger partial charge in [0.05, 0.1) is 26.3 Å². The Labute approximate surface area is 254 Å². The number of rotatable bonds is 6. The van der Waals surface area contributed by atoms with Crippen molar-refractivity contribution < 1.29 is 9.53 Å². The first-order valence-electron chi connectivity index (χ1n) is 11.5. The molecule has 0 spiro atoms. The van der Waals surface area contributed by atoms with Gasteiger partial charge in [-0.25, -0.2) is 4.99 Å². The molecule has 1 amide bonds. The van der Waals surface area contributed by atoms with Gasteiger partial charge in [0, 0.05) is 20.6 Å². The van der Waals surface area contributed by atoms with Crippen LogP contribution in [0, 0.1) is 0 Å². The second kappa shape index (κ2) is 12.3. The normalized spacial score (nSPS) is 15.4. The monoisotopic (exact) mass is 632 g/mol. The molecule has 10 heteroatoms. The van der Waals surface area contributed by atoms with E-state index in [2.05, 4.69) is 0 Å². The SMILES string of the molecule is O=C1/C(=C/c2cc(Cl)c(OCc3ccccc3Cl)c(Cl)c2)SC(=Nc2ccc(Cl)cc2)N1c1ccc(Cl)cc1. The highest BCUT2D eigenvalue weighted by Crippen LogP contribution is 2.40. The number of amidine groups is 1. The van der Waals surface area contributed by atoms with Crippen LogP contribution in [0.15, 0.2) is 94.8 Å². The summed E-state index contributed by atoms with van der Waals surface area (Å²) in [5.74, 6) is 0.0833. The van der Waals surface area contributed by atoms with Crippen LogP contribution < -0.4 is 9.64 Å². The number of hydrogen-bond acceptors (Lipinski definition) is 4. The van der Waals surface area contributed by atoms with E-state index >= 15 is 0 Å². The van der Waals surface area contributed by atoms with Gasteiger partial charge in [-0.05, 0) is 90.1 Å². The second-order valence-electron chi connectivity index (χ2n) is 8.29. The Morgan fingerprint density at radius 3 is 2.05 bits per heavy atom. The fourth-order valence-corrected chi connectivity index (χ4v) is 5.77. The Kier molecular flexibility index (Phi) is 8.77. The van der Waals surface area contributed by atoms with Crippen molar-refractivity contribution in [2.45, 2.75) is 6.61 Å². The maximum Gasteiger partial charge on any atom is 0.271 e. The molecule has 0 unspecified atom stereocenters. The van der Waals surface area contributed by atoms with E-state index in [4.69, 9.17) is 67.7 Å². The number of halogens is 5. The van der Waals surface area contributed by atoms with Crippen LogP contribution in [0.3, 0.4) is 0 Å². The van der Waals surface area contributed by atoms with Gasteiger partial charge in [0.25, 0.3) is 5.91 Å². The van der Waals surface area contributed by atoms with Gasteiger partial charge in [0.15, 0.2) is 10.9 Å². The Morgan fingerprint density at radius 1 is 0.795 bits per heavy atom. The lowest BCUT2D eigenvalue weighted by Crippen LogP contribution is -2.28. The van der Waals surface area contributed by atoms with E-state index in [0.29, 0.717) is 57.9 Å². The van der Waals surface area contributed by atoms with Crippen LogP contribution in [0.5, 0.6) is 5.75 Å². The van der Waals surface area contributed by atoms with Gasteiger partial charge in [-0.15, -0.1) is 0 Å². The van der Waals surface area contributed by atoms with Crippen LogP contribution in [0.25, 0.3) is 6.08 Å². The molecular formula is C29H17Cl5N2O2S. The largest absolute Gasteiger partial charge is 0.486 e. The number of benzene rings is 4. The van der Waals surface area contributed by atoms with Crippen LogP contribution in [0.2, 0.25) is 25.1 Å². The molecular weight excluding hydrogens is 618 g/mol. The van der Waals surface area contributed by atoms with E-state index in [1.165, 1.54) is 16.7 Å². The first kappa shape index (κ1) is 27.9. The first-order valence-corrected chi connectivity index (χ1v) is 14.2. The Hall–Kier alpha value is -2.64. The van der Waals surface area contributed by atoms with Crippen LogP contribution in [0.1, 0.15) is 11.1 Å². The number of anilines is 1. The number of hydrogen-bond donors (Lipinski definition) is 0. The smallest absolute Gasteiger partial charge is 0.271 e. The first-order chi connectivity index (χ1) is 18.8. The van der Waals surface area contributed by atoms with Gasteiger partial charge < -0.3 is 4.74 Å². The summed E-state index contributed by atoms with van der Waals surface area (Å²) >= 11 is 32.6. The molecule has 0 radical (unpaired) electrons. The Bertz CT molecular complexity index is 1580. The van der Waals surface area contributed by atoms with Gasteiger partial charge in [-0.1, -0.05) is 76.2 Å². The number of thioether (sulfide) groups is 1. The fourth-order valence-electron chi connectivity index (χ4n) is 3.71. The van der Waals surface area contributed by atoms with Gasteiger partial charge in [-0.2, -0.15) is 0 Å². The van der Waals surface area contributed by atoms with Crippen molar-refractivity contribution in [2.75, 3.05) is 4.90 Å². The standard InChI is InChI=1S/C29H17Cl5N2O2S/c30-19-5-9-21(10-6-19)35-29-36(22-11-7-20(31)8-12-22)28(37)26(39-29)15-17-13-24(33)27(25(34)14-17)38-16-18-3-1-2-4-23(18)32/h1-15H,16H2/b26-15-,35-29?. The molecule has 1 aliphatic rings. The minimum atomic E-state index is -0.249. The highest BCUT2D eigenvalue weighted by atomic mass is 35.5. The Morgan fingerprint density at radius 2 is 1.41 bits per heavy atom. The number of carbonyl (C=O) groups excluding carboxylic acids is 1. The molecule has 1 aliphatic heterocycles. The van der Waals surface area contributed by atoms with Crippen molar-refractivity contribution >= 4 is 98.3 Å². The topological polar surface area (TPSA) is 41.9 Å². The number of nitrogens with zero attached hydrogens (tertiary/aromatic N) is 2. The van der Waals surface area contributed by atoms with Crippen LogP contribution in [-0.4, -0.2) is 11.1 Å². The zero-order valence-electron chi connectivity index (χ0n) is 19.9. The summed E-state index contributed by atoms with van der Waals surface area (Å²) in [6.45, 7) is 0.203. The zero-order chi connectivity index (χ0) is 27.5. The van der Waals surface area contributed by atoms with Crippen molar-refractivity contribution in [1.29, 1.82) is 0 Å². The summed E-state index contributed by atoms with van der Waals surface area (Å²) in [5.41, 5.74) is 2.73. The highest BCUT2D eigenvalue weighted by molar-refractivity contribution is 8.19. The summed E-state index contributed by atoms with van der Waals surface area (Å²) in [6, 6.07) is 24.8. The highest BCUT2D eigenvalue weighted by Gasteiger charge is 2.35. The summed E-state index contributed by atoms with van der Waals surface area (Å²) < 4.78 is 5.87. The average Bonchev–Trinajstić information content (AvgIpc) is 3.20.